The fraction of sp³-hybridized carbons (Fsp3) is 0.500. The molecule has 116 valence electrons. The van der Waals surface area contributed by atoms with Gasteiger partial charge in [-0.1, -0.05) is 13.0 Å². The first kappa shape index (κ1) is 17.9. The van der Waals surface area contributed by atoms with Crippen LogP contribution in [-0.4, -0.2) is 27.5 Å². The maximum atomic E-state index is 12.5. The molecule has 2 unspecified atom stereocenters. The second-order valence-corrected chi connectivity index (χ2v) is 6.97. The third-order valence-corrected chi connectivity index (χ3v) is 5.37. The predicted octanol–water partition coefficient (Wildman–Crippen LogP) is 1.56. The molecular weight excluding hydrogens is 310 g/mol. The predicted molar refractivity (Wildman–Crippen MR) is 83.9 cm³/mol. The Balaban J connectivity index is 0.00000220. The van der Waals surface area contributed by atoms with Crippen molar-refractivity contribution in [3.05, 3.63) is 29.3 Å². The van der Waals surface area contributed by atoms with Crippen LogP contribution in [-0.2, 0) is 10.0 Å². The van der Waals surface area contributed by atoms with Crippen molar-refractivity contribution < 1.29 is 8.42 Å². The molecule has 1 aromatic carbocycles. The lowest BCUT2D eigenvalue weighted by molar-refractivity contribution is 0.327. The topological polar surface area (TPSA) is 82.0 Å². The number of hydrogen-bond donors (Lipinski definition) is 2. The number of aryl methyl sites for hydroxylation is 1. The number of nitriles is 1. The minimum Gasteiger partial charge on any atom is -0.315 e. The van der Waals surface area contributed by atoms with Gasteiger partial charge in [0.15, 0.2) is 0 Å². The van der Waals surface area contributed by atoms with Gasteiger partial charge in [-0.05, 0) is 43.5 Å². The second kappa shape index (κ2) is 7.23. The van der Waals surface area contributed by atoms with Gasteiger partial charge in [0, 0.05) is 12.6 Å². The lowest BCUT2D eigenvalue weighted by Gasteiger charge is -2.30. The summed E-state index contributed by atoms with van der Waals surface area (Å²) in [5.41, 5.74) is 0.999. The normalized spacial score (nSPS) is 22.1. The van der Waals surface area contributed by atoms with E-state index < -0.39 is 10.0 Å². The van der Waals surface area contributed by atoms with Crippen molar-refractivity contribution in [3.8, 4) is 6.07 Å². The van der Waals surface area contributed by atoms with Gasteiger partial charge in [-0.25, -0.2) is 13.1 Å². The van der Waals surface area contributed by atoms with Crippen LogP contribution in [0.1, 0.15) is 24.5 Å². The first-order chi connectivity index (χ1) is 9.44. The largest absolute Gasteiger partial charge is 0.315 e. The van der Waals surface area contributed by atoms with E-state index in [1.807, 2.05) is 13.0 Å². The Hall–Kier alpha value is -1.13. The van der Waals surface area contributed by atoms with Crippen molar-refractivity contribution >= 4 is 22.4 Å². The van der Waals surface area contributed by atoms with Crippen LogP contribution in [0.15, 0.2) is 23.1 Å². The number of piperidine rings is 1. The van der Waals surface area contributed by atoms with Crippen LogP contribution in [0.2, 0.25) is 0 Å². The lowest BCUT2D eigenvalue weighted by atomic mass is 9.96. The maximum absolute atomic E-state index is 12.5. The third kappa shape index (κ3) is 4.17. The van der Waals surface area contributed by atoms with Gasteiger partial charge in [-0.15, -0.1) is 12.4 Å². The van der Waals surface area contributed by atoms with E-state index >= 15 is 0 Å². The average Bonchev–Trinajstić information content (AvgIpc) is 2.41. The molecule has 2 N–H and O–H groups in total. The number of benzene rings is 1. The molecule has 0 spiro atoms. The van der Waals surface area contributed by atoms with E-state index in [1.165, 1.54) is 6.07 Å². The number of rotatable bonds is 3. The fourth-order valence-corrected chi connectivity index (χ4v) is 3.98. The van der Waals surface area contributed by atoms with Crippen LogP contribution in [0.4, 0.5) is 0 Å². The molecule has 0 aromatic heterocycles. The van der Waals surface area contributed by atoms with Crippen molar-refractivity contribution in [2.45, 2.75) is 31.2 Å². The van der Waals surface area contributed by atoms with Gasteiger partial charge in [0.2, 0.25) is 10.0 Å². The first-order valence-electron chi connectivity index (χ1n) is 6.68. The van der Waals surface area contributed by atoms with Gasteiger partial charge in [-0.3, -0.25) is 0 Å². The summed E-state index contributed by atoms with van der Waals surface area (Å²) in [6.07, 6.45) is 0.949. The van der Waals surface area contributed by atoms with E-state index in [1.54, 1.807) is 19.1 Å². The van der Waals surface area contributed by atoms with Gasteiger partial charge in [0.1, 0.15) is 0 Å². The zero-order valence-corrected chi connectivity index (χ0v) is 13.7. The Labute approximate surface area is 132 Å². The van der Waals surface area contributed by atoms with Crippen LogP contribution in [0.3, 0.4) is 0 Å². The number of nitrogens with zero attached hydrogens (tertiary/aromatic N) is 1. The Morgan fingerprint density at radius 1 is 1.43 bits per heavy atom. The van der Waals surface area contributed by atoms with Crippen molar-refractivity contribution in [1.29, 1.82) is 5.26 Å². The van der Waals surface area contributed by atoms with Gasteiger partial charge in [0.05, 0.1) is 16.5 Å². The van der Waals surface area contributed by atoms with E-state index in [4.69, 9.17) is 5.26 Å². The SMILES string of the molecule is Cc1ccc(C#N)cc1S(=O)(=O)NC1CNCCC1C.Cl. The van der Waals surface area contributed by atoms with Gasteiger partial charge in [-0.2, -0.15) is 5.26 Å². The number of halogens is 1. The van der Waals surface area contributed by atoms with Crippen LogP contribution in [0, 0.1) is 24.2 Å². The summed E-state index contributed by atoms with van der Waals surface area (Å²) in [4.78, 5) is 0.189. The van der Waals surface area contributed by atoms with Crippen molar-refractivity contribution in [3.63, 3.8) is 0 Å². The Bertz CT molecular complexity index is 640. The highest BCUT2D eigenvalue weighted by atomic mass is 35.5. The molecule has 1 fully saturated rings. The zero-order valence-electron chi connectivity index (χ0n) is 12.1. The molecule has 1 saturated heterocycles. The summed E-state index contributed by atoms with van der Waals surface area (Å²) in [5.74, 6) is 0.297. The van der Waals surface area contributed by atoms with Gasteiger partial charge >= 0.3 is 0 Å². The van der Waals surface area contributed by atoms with E-state index in [9.17, 15) is 8.42 Å². The summed E-state index contributed by atoms with van der Waals surface area (Å²) in [6, 6.07) is 6.58. The number of hydrogen-bond acceptors (Lipinski definition) is 4. The summed E-state index contributed by atoms with van der Waals surface area (Å²) in [6.45, 7) is 5.34. The highest BCUT2D eigenvalue weighted by Gasteiger charge is 2.27. The van der Waals surface area contributed by atoms with Crippen molar-refractivity contribution in [1.82, 2.24) is 10.0 Å². The van der Waals surface area contributed by atoms with Crippen LogP contribution in [0.5, 0.6) is 0 Å². The molecule has 0 saturated carbocycles. The molecule has 5 nitrogen and oxygen atoms in total. The Morgan fingerprint density at radius 2 is 2.14 bits per heavy atom. The smallest absolute Gasteiger partial charge is 0.241 e. The molecule has 1 aliphatic heterocycles. The molecule has 7 heteroatoms. The molecule has 2 rings (SSSR count). The van der Waals surface area contributed by atoms with E-state index in [-0.39, 0.29) is 23.3 Å². The molecule has 0 amide bonds. The van der Waals surface area contributed by atoms with Gasteiger partial charge in [0.25, 0.3) is 0 Å². The standard InChI is InChI=1S/C14H19N3O2S.ClH/c1-10-5-6-16-9-13(10)17-20(18,19)14-7-12(8-15)4-3-11(14)2;/h3-4,7,10,13,16-17H,5-6,9H2,1-2H3;1H. The van der Waals surface area contributed by atoms with E-state index in [0.717, 1.165) is 13.0 Å². The minimum absolute atomic E-state index is 0. The highest BCUT2D eigenvalue weighted by Crippen LogP contribution is 2.19. The molecule has 1 heterocycles. The van der Waals surface area contributed by atoms with E-state index in [2.05, 4.69) is 10.0 Å². The summed E-state index contributed by atoms with van der Waals surface area (Å²) in [7, 11) is -3.60. The highest BCUT2D eigenvalue weighted by molar-refractivity contribution is 7.89. The quantitative estimate of drug-likeness (QED) is 0.881. The van der Waals surface area contributed by atoms with Crippen LogP contribution >= 0.6 is 12.4 Å². The van der Waals surface area contributed by atoms with Gasteiger partial charge < -0.3 is 5.32 Å². The van der Waals surface area contributed by atoms with Crippen LogP contribution < -0.4 is 10.0 Å². The summed E-state index contributed by atoms with van der Waals surface area (Å²) >= 11 is 0. The number of sulfonamides is 1. The zero-order chi connectivity index (χ0) is 14.8. The Morgan fingerprint density at radius 3 is 2.76 bits per heavy atom. The fourth-order valence-electron chi connectivity index (χ4n) is 2.37. The third-order valence-electron chi connectivity index (χ3n) is 3.74. The second-order valence-electron chi connectivity index (χ2n) is 5.29. The molecule has 0 radical (unpaired) electrons. The molecule has 0 aliphatic carbocycles. The monoisotopic (exact) mass is 329 g/mol. The Kier molecular flexibility index (Phi) is 6.17. The van der Waals surface area contributed by atoms with Crippen LogP contribution in [0.25, 0.3) is 0 Å². The van der Waals surface area contributed by atoms with Crippen molar-refractivity contribution in [2.24, 2.45) is 5.92 Å². The molecule has 1 aliphatic rings. The minimum atomic E-state index is -3.60. The lowest BCUT2D eigenvalue weighted by Crippen LogP contribution is -2.50. The summed E-state index contributed by atoms with van der Waals surface area (Å²) < 4.78 is 27.7. The maximum Gasteiger partial charge on any atom is 0.241 e. The number of nitrogens with one attached hydrogen (secondary N) is 2. The molecule has 21 heavy (non-hydrogen) atoms. The van der Waals surface area contributed by atoms with Crippen molar-refractivity contribution in [2.75, 3.05) is 13.1 Å². The molecule has 2 atom stereocenters. The van der Waals surface area contributed by atoms with E-state index in [0.29, 0.717) is 23.6 Å². The molecular formula is C14H20ClN3O2S. The summed E-state index contributed by atoms with van der Waals surface area (Å²) in [5, 5.41) is 12.1. The average molecular weight is 330 g/mol. The first-order valence-corrected chi connectivity index (χ1v) is 8.16. The molecule has 1 aromatic rings. The molecule has 0 bridgehead atoms.